The fraction of sp³-hybridized carbons (Fsp3) is 0.654. The normalized spacial score (nSPS) is 26.1. The maximum absolute atomic E-state index is 12.2. The number of piperidine rings is 1. The lowest BCUT2D eigenvalue weighted by Crippen LogP contribution is -2.52. The van der Waals surface area contributed by atoms with Gasteiger partial charge in [-0.05, 0) is 68.3 Å². The molecule has 2 aliphatic carbocycles. The predicted molar refractivity (Wildman–Crippen MR) is 129 cm³/mol. The fourth-order valence-corrected chi connectivity index (χ4v) is 5.05. The molecule has 1 aromatic carbocycles. The molecule has 188 valence electrons. The third-order valence-electron chi connectivity index (χ3n) is 7.22. The number of carbonyl (C=O) groups is 3. The molecule has 8 nitrogen and oxygen atoms in total. The lowest BCUT2D eigenvalue weighted by Gasteiger charge is -2.29. The number of nitrogens with two attached hydrogens (primary N) is 1. The summed E-state index contributed by atoms with van der Waals surface area (Å²) in [7, 11) is 1.80. The molecule has 3 amide bonds. The molecule has 2 heterocycles. The minimum absolute atomic E-state index is 0.0941. The van der Waals surface area contributed by atoms with Gasteiger partial charge >= 0.3 is 0 Å². The summed E-state index contributed by atoms with van der Waals surface area (Å²) in [5, 5.41) is 11.7. The van der Waals surface area contributed by atoms with E-state index in [0.717, 1.165) is 12.5 Å². The van der Waals surface area contributed by atoms with Crippen molar-refractivity contribution in [2.75, 3.05) is 13.7 Å². The van der Waals surface area contributed by atoms with Crippen LogP contribution in [0.4, 0.5) is 0 Å². The van der Waals surface area contributed by atoms with E-state index in [0.29, 0.717) is 23.7 Å². The summed E-state index contributed by atoms with van der Waals surface area (Å²) in [6, 6.07) is 3.92. The molecular formula is C26H39N3O5. The van der Waals surface area contributed by atoms with Crippen molar-refractivity contribution in [2.24, 2.45) is 11.7 Å². The molecule has 2 aliphatic heterocycles. The van der Waals surface area contributed by atoms with Gasteiger partial charge in [-0.2, -0.15) is 0 Å². The van der Waals surface area contributed by atoms with Crippen LogP contribution < -0.4 is 11.1 Å². The number of carbonyl (C=O) groups excluding carboxylic acids is 3. The molecule has 3 fully saturated rings. The van der Waals surface area contributed by atoms with Gasteiger partial charge in [0, 0.05) is 25.6 Å². The summed E-state index contributed by atoms with van der Waals surface area (Å²) in [6.45, 7) is 1.14. The molecule has 0 spiro atoms. The summed E-state index contributed by atoms with van der Waals surface area (Å²) in [5.74, 6) is -0.0998. The van der Waals surface area contributed by atoms with Crippen molar-refractivity contribution in [3.63, 3.8) is 0 Å². The third-order valence-corrected chi connectivity index (χ3v) is 7.22. The number of rotatable bonds is 3. The van der Waals surface area contributed by atoms with Crippen molar-refractivity contribution < 1.29 is 24.2 Å². The second-order valence-electron chi connectivity index (χ2n) is 9.62. The van der Waals surface area contributed by atoms with Gasteiger partial charge in [-0.15, -0.1) is 0 Å². The van der Waals surface area contributed by atoms with Gasteiger partial charge in [-0.25, -0.2) is 0 Å². The summed E-state index contributed by atoms with van der Waals surface area (Å²) in [6.07, 6.45) is 13.5. The zero-order valence-electron chi connectivity index (χ0n) is 20.3. The quantitative estimate of drug-likeness (QED) is 0.579. The van der Waals surface area contributed by atoms with Crippen molar-refractivity contribution >= 4 is 17.7 Å². The number of ether oxygens (including phenoxy) is 1. The van der Waals surface area contributed by atoms with E-state index in [-0.39, 0.29) is 30.5 Å². The van der Waals surface area contributed by atoms with Gasteiger partial charge in [0.1, 0.15) is 11.8 Å². The first-order valence-electron chi connectivity index (χ1n) is 12.6. The molecule has 0 aromatic heterocycles. The highest BCUT2D eigenvalue weighted by atomic mass is 16.5. The number of phenolic OH excluding ortho intramolecular Hbond substituents is 1. The number of phenols is 1. The van der Waals surface area contributed by atoms with Gasteiger partial charge in [0.15, 0.2) is 0 Å². The van der Waals surface area contributed by atoms with E-state index in [1.54, 1.807) is 13.2 Å². The van der Waals surface area contributed by atoms with E-state index < -0.39 is 11.9 Å². The highest BCUT2D eigenvalue weighted by molar-refractivity contribution is 6.05. The van der Waals surface area contributed by atoms with Crippen LogP contribution in [0.2, 0.25) is 0 Å². The SMILES string of the molecule is C1CCCC1.COC1CCC(CN)CC1.O=C1CCC(N2Cc3cc(O)ccc3C2=O)C(=O)N1. The third kappa shape index (κ3) is 7.03. The number of nitrogens with one attached hydrogen (secondary N) is 1. The topological polar surface area (TPSA) is 122 Å². The van der Waals surface area contributed by atoms with Gasteiger partial charge < -0.3 is 20.5 Å². The number of fused-ring (bicyclic) bond motifs is 1. The van der Waals surface area contributed by atoms with Crippen molar-refractivity contribution in [1.29, 1.82) is 0 Å². The van der Waals surface area contributed by atoms with Crippen LogP contribution in [0, 0.1) is 5.92 Å². The van der Waals surface area contributed by atoms with E-state index in [9.17, 15) is 19.5 Å². The zero-order valence-corrected chi connectivity index (χ0v) is 20.3. The first kappa shape index (κ1) is 26.2. The molecule has 0 bridgehead atoms. The van der Waals surface area contributed by atoms with E-state index in [1.807, 2.05) is 0 Å². The van der Waals surface area contributed by atoms with E-state index in [2.05, 4.69) is 5.32 Å². The first-order valence-corrected chi connectivity index (χ1v) is 12.6. The molecular weight excluding hydrogens is 434 g/mol. The van der Waals surface area contributed by atoms with Gasteiger partial charge in [0.2, 0.25) is 11.8 Å². The Kier molecular flexibility index (Phi) is 9.89. The van der Waals surface area contributed by atoms with Gasteiger partial charge in [0.25, 0.3) is 5.91 Å². The van der Waals surface area contributed by atoms with Gasteiger partial charge in [0.05, 0.1) is 6.10 Å². The van der Waals surface area contributed by atoms with Crippen molar-refractivity contribution in [1.82, 2.24) is 10.2 Å². The van der Waals surface area contributed by atoms with Crippen LogP contribution in [0.1, 0.15) is 86.6 Å². The number of imide groups is 1. The minimum atomic E-state index is -0.611. The smallest absolute Gasteiger partial charge is 0.255 e. The van der Waals surface area contributed by atoms with Crippen LogP contribution >= 0.6 is 0 Å². The Hall–Kier alpha value is -2.45. The molecule has 4 N–H and O–H groups in total. The van der Waals surface area contributed by atoms with E-state index in [4.69, 9.17) is 10.5 Å². The van der Waals surface area contributed by atoms with E-state index >= 15 is 0 Å². The molecule has 1 atom stereocenters. The summed E-state index contributed by atoms with van der Waals surface area (Å²) in [5.41, 5.74) is 6.76. The number of amides is 3. The Morgan fingerprint density at radius 2 is 1.68 bits per heavy atom. The number of nitrogens with zero attached hydrogens (tertiary/aromatic N) is 1. The maximum atomic E-state index is 12.2. The maximum Gasteiger partial charge on any atom is 0.255 e. The van der Waals surface area contributed by atoms with Crippen molar-refractivity contribution in [3.8, 4) is 5.75 Å². The number of aromatic hydroxyl groups is 1. The van der Waals surface area contributed by atoms with Crippen molar-refractivity contribution in [2.45, 2.75) is 89.3 Å². The van der Waals surface area contributed by atoms with Crippen LogP contribution in [-0.2, 0) is 20.9 Å². The Morgan fingerprint density at radius 1 is 1.03 bits per heavy atom. The average Bonchev–Trinajstić information content (AvgIpc) is 3.52. The molecule has 5 rings (SSSR count). The fourth-order valence-electron chi connectivity index (χ4n) is 5.05. The molecule has 4 aliphatic rings. The van der Waals surface area contributed by atoms with E-state index in [1.165, 1.54) is 74.8 Å². The number of methoxy groups -OCH3 is 1. The molecule has 1 unspecified atom stereocenters. The Labute approximate surface area is 202 Å². The number of benzene rings is 1. The Balaban J connectivity index is 0.000000179. The predicted octanol–water partition coefficient (Wildman–Crippen LogP) is 3.25. The first-order chi connectivity index (χ1) is 16.4. The minimum Gasteiger partial charge on any atom is -0.508 e. The highest BCUT2D eigenvalue weighted by Crippen LogP contribution is 2.29. The highest BCUT2D eigenvalue weighted by Gasteiger charge is 2.39. The molecule has 1 saturated heterocycles. The molecule has 8 heteroatoms. The largest absolute Gasteiger partial charge is 0.508 e. The van der Waals surface area contributed by atoms with Crippen molar-refractivity contribution in [3.05, 3.63) is 29.3 Å². The number of hydrogen-bond acceptors (Lipinski definition) is 6. The second-order valence-corrected chi connectivity index (χ2v) is 9.62. The zero-order chi connectivity index (χ0) is 24.5. The summed E-state index contributed by atoms with van der Waals surface area (Å²) in [4.78, 5) is 36.6. The van der Waals surface area contributed by atoms with Gasteiger partial charge in [-0.1, -0.05) is 32.1 Å². The lowest BCUT2D eigenvalue weighted by atomic mass is 9.87. The van der Waals surface area contributed by atoms with Crippen LogP contribution in [-0.4, -0.2) is 53.5 Å². The van der Waals surface area contributed by atoms with Crippen LogP contribution in [0.3, 0.4) is 0 Å². The van der Waals surface area contributed by atoms with Gasteiger partial charge in [-0.3, -0.25) is 19.7 Å². The summed E-state index contributed by atoms with van der Waals surface area (Å²) < 4.78 is 5.24. The molecule has 1 aromatic rings. The standard InChI is InChI=1S/C13H12N2O4.C8H17NO.C5H10/c16-8-1-2-9-7(5-8)6-15(13(9)19)10-3-4-11(17)14-12(10)18;1-10-8-4-2-7(6-9)3-5-8;1-2-4-5-3-1/h1-2,5,10,16H,3-4,6H2,(H,14,17,18);7-8H,2-6,9H2,1H3;1-5H2. The van der Waals surface area contributed by atoms with Crippen LogP contribution in [0.25, 0.3) is 0 Å². The monoisotopic (exact) mass is 473 g/mol. The molecule has 34 heavy (non-hydrogen) atoms. The molecule has 0 radical (unpaired) electrons. The Bertz CT molecular complexity index is 827. The van der Waals surface area contributed by atoms with Crippen LogP contribution in [0.5, 0.6) is 5.75 Å². The lowest BCUT2D eigenvalue weighted by molar-refractivity contribution is -0.136. The second kappa shape index (κ2) is 12.9. The number of hydrogen-bond donors (Lipinski definition) is 3. The molecule has 2 saturated carbocycles. The summed E-state index contributed by atoms with van der Waals surface area (Å²) >= 11 is 0. The van der Waals surface area contributed by atoms with Crippen LogP contribution in [0.15, 0.2) is 18.2 Å². The Morgan fingerprint density at radius 3 is 2.24 bits per heavy atom. The average molecular weight is 474 g/mol.